The first kappa shape index (κ1) is 30.0. The summed E-state index contributed by atoms with van der Waals surface area (Å²) in [5.41, 5.74) is 6.70. The molecule has 0 aliphatic carbocycles. The molecule has 9 nitrogen and oxygen atoms in total. The number of aryl methyl sites for hydroxylation is 1. The fraction of sp³-hybridized carbons (Fsp3) is 0.467. The molecule has 210 valence electrons. The van der Waals surface area contributed by atoms with Crippen molar-refractivity contribution in [1.82, 2.24) is 15.5 Å². The van der Waals surface area contributed by atoms with Gasteiger partial charge in [-0.3, -0.25) is 14.4 Å². The molecule has 0 aromatic heterocycles. The fourth-order valence-corrected chi connectivity index (χ4v) is 5.03. The number of likely N-dealkylation sites (tertiary alicyclic amines) is 1. The second-order valence-electron chi connectivity index (χ2n) is 10.9. The van der Waals surface area contributed by atoms with E-state index in [2.05, 4.69) is 10.6 Å². The molecule has 1 saturated heterocycles. The summed E-state index contributed by atoms with van der Waals surface area (Å²) in [6.45, 7) is 3.47. The Morgan fingerprint density at radius 1 is 1.10 bits per heavy atom. The minimum absolute atomic E-state index is 0.0450. The van der Waals surface area contributed by atoms with E-state index in [1.165, 1.54) is 0 Å². The average Bonchev–Trinajstić information content (AvgIpc) is 2.93. The van der Waals surface area contributed by atoms with E-state index < -0.39 is 22.9 Å². The third-order valence-electron chi connectivity index (χ3n) is 7.31. The zero-order valence-corrected chi connectivity index (χ0v) is 23.1. The molecule has 39 heavy (non-hydrogen) atoms. The van der Waals surface area contributed by atoms with E-state index in [0.29, 0.717) is 37.9 Å². The summed E-state index contributed by atoms with van der Waals surface area (Å²) in [4.78, 5) is 41.6. The van der Waals surface area contributed by atoms with Crippen LogP contribution in [0.1, 0.15) is 49.8 Å². The summed E-state index contributed by atoms with van der Waals surface area (Å²) >= 11 is 0. The summed E-state index contributed by atoms with van der Waals surface area (Å²) in [6, 6.07) is 16.3. The number of benzene rings is 2. The van der Waals surface area contributed by atoms with Crippen molar-refractivity contribution in [3.05, 3.63) is 71.3 Å². The van der Waals surface area contributed by atoms with Gasteiger partial charge in [0.2, 0.25) is 17.7 Å². The fourth-order valence-electron chi connectivity index (χ4n) is 5.03. The number of piperidine rings is 1. The number of rotatable bonds is 11. The maximum atomic E-state index is 13.9. The van der Waals surface area contributed by atoms with Gasteiger partial charge in [-0.15, -0.1) is 0 Å². The van der Waals surface area contributed by atoms with Gasteiger partial charge in [0.15, 0.2) is 0 Å². The van der Waals surface area contributed by atoms with Crippen LogP contribution in [-0.2, 0) is 33.8 Å². The predicted molar refractivity (Wildman–Crippen MR) is 151 cm³/mol. The monoisotopic (exact) mass is 535 g/mol. The second-order valence-corrected chi connectivity index (χ2v) is 10.9. The number of carbonyl (C=O) groups excluding carboxylic acids is 3. The number of carbonyl (C=O) groups is 3. The molecule has 0 bridgehead atoms. The number of nitrogens with one attached hydrogen (secondary N) is 3. The predicted octanol–water partition coefficient (Wildman–Crippen LogP) is 1.95. The molecule has 2 aromatic carbocycles. The van der Waals surface area contributed by atoms with Crippen molar-refractivity contribution in [3.63, 3.8) is 0 Å². The summed E-state index contributed by atoms with van der Waals surface area (Å²) in [5.74, 6) is -1.03. The highest BCUT2D eigenvalue weighted by atomic mass is 16.3. The van der Waals surface area contributed by atoms with E-state index in [4.69, 9.17) is 11.1 Å². The van der Waals surface area contributed by atoms with E-state index in [0.717, 1.165) is 16.7 Å². The number of hydrogen-bond donors (Lipinski definition) is 5. The third kappa shape index (κ3) is 7.52. The molecule has 2 aromatic rings. The Labute approximate surface area is 230 Å². The maximum Gasteiger partial charge on any atom is 0.245 e. The first-order valence-corrected chi connectivity index (χ1v) is 13.4. The number of amides is 3. The number of hydrogen-bond acceptors (Lipinski definition) is 6. The third-order valence-corrected chi connectivity index (χ3v) is 7.31. The Morgan fingerprint density at radius 3 is 2.41 bits per heavy atom. The molecule has 0 radical (unpaired) electrons. The number of nitrogens with two attached hydrogens (primary N) is 1. The zero-order valence-electron chi connectivity index (χ0n) is 23.1. The lowest BCUT2D eigenvalue weighted by Gasteiger charge is -2.43. The summed E-state index contributed by atoms with van der Waals surface area (Å²) in [6.07, 6.45) is 2.22. The van der Waals surface area contributed by atoms with Crippen LogP contribution < -0.4 is 16.4 Å². The van der Waals surface area contributed by atoms with Crippen LogP contribution in [0.15, 0.2) is 54.6 Å². The largest absolute Gasteiger partial charge is 0.392 e. The van der Waals surface area contributed by atoms with Crippen molar-refractivity contribution in [1.29, 1.82) is 5.41 Å². The van der Waals surface area contributed by atoms with Gasteiger partial charge in [-0.05, 0) is 56.2 Å². The van der Waals surface area contributed by atoms with Gasteiger partial charge in [-0.25, -0.2) is 0 Å². The van der Waals surface area contributed by atoms with Crippen molar-refractivity contribution in [2.75, 3.05) is 20.1 Å². The Hall–Kier alpha value is -3.56. The first-order valence-electron chi connectivity index (χ1n) is 13.4. The van der Waals surface area contributed by atoms with Crippen molar-refractivity contribution in [2.45, 2.75) is 64.1 Å². The Morgan fingerprint density at radius 2 is 1.77 bits per heavy atom. The number of aliphatic hydroxyl groups excluding tert-OH is 1. The summed E-state index contributed by atoms with van der Waals surface area (Å²) in [5, 5.41) is 23.7. The van der Waals surface area contributed by atoms with Gasteiger partial charge in [-0.1, -0.05) is 54.6 Å². The van der Waals surface area contributed by atoms with Crippen LogP contribution in [0.5, 0.6) is 0 Å². The Balaban J connectivity index is 1.83. The van der Waals surface area contributed by atoms with Crippen LogP contribution in [-0.4, -0.2) is 65.2 Å². The standard InChI is InChI=1S/C30H41N5O4/c1-29(2,32)27(38)34-24(14-8-12-21-11-7-13-23(17-21)19-36)26(37)35-16-15-25(31)30(20-35,28(39)33-3)18-22-9-5-4-6-10-22/h4-7,9-11,13,17,24,31,36H,8,12,14-16,18-20,32H2,1-3H3,(H,33,39)(H,34,38)/t24-,30-/m1/s1. The molecule has 2 atom stereocenters. The van der Waals surface area contributed by atoms with Gasteiger partial charge in [0.05, 0.1) is 12.1 Å². The molecule has 0 spiro atoms. The van der Waals surface area contributed by atoms with Gasteiger partial charge >= 0.3 is 0 Å². The van der Waals surface area contributed by atoms with E-state index in [1.54, 1.807) is 25.8 Å². The minimum Gasteiger partial charge on any atom is -0.392 e. The molecule has 9 heteroatoms. The molecule has 3 rings (SSSR count). The highest BCUT2D eigenvalue weighted by Gasteiger charge is 2.48. The van der Waals surface area contributed by atoms with Crippen LogP contribution in [0.25, 0.3) is 0 Å². The van der Waals surface area contributed by atoms with Crippen molar-refractivity contribution in [2.24, 2.45) is 11.1 Å². The molecular formula is C30H41N5O4. The van der Waals surface area contributed by atoms with Crippen molar-refractivity contribution < 1.29 is 19.5 Å². The van der Waals surface area contributed by atoms with Gasteiger partial charge in [0.1, 0.15) is 11.5 Å². The van der Waals surface area contributed by atoms with Crippen LogP contribution in [0.4, 0.5) is 0 Å². The molecule has 3 amide bonds. The van der Waals surface area contributed by atoms with Crippen molar-refractivity contribution >= 4 is 23.4 Å². The molecular weight excluding hydrogens is 494 g/mol. The average molecular weight is 536 g/mol. The molecule has 0 unspecified atom stereocenters. The molecule has 1 fully saturated rings. The Bertz CT molecular complexity index is 1170. The zero-order chi connectivity index (χ0) is 28.6. The minimum atomic E-state index is -1.20. The smallest absolute Gasteiger partial charge is 0.245 e. The van der Waals surface area contributed by atoms with Crippen molar-refractivity contribution in [3.8, 4) is 0 Å². The molecule has 1 heterocycles. The van der Waals surface area contributed by atoms with Crippen LogP contribution in [0.3, 0.4) is 0 Å². The maximum absolute atomic E-state index is 13.9. The quantitative estimate of drug-likeness (QED) is 0.298. The molecule has 0 saturated carbocycles. The first-order chi connectivity index (χ1) is 18.5. The van der Waals surface area contributed by atoms with E-state index in [-0.39, 0.29) is 31.4 Å². The SMILES string of the molecule is CNC(=O)[C@]1(Cc2ccccc2)CN(C(=O)[C@@H](CCCc2cccc(CO)c2)NC(=O)C(C)(C)N)CCC1=N. The lowest BCUT2D eigenvalue weighted by atomic mass is 9.72. The molecule has 6 N–H and O–H groups in total. The van der Waals surface area contributed by atoms with Crippen LogP contribution >= 0.6 is 0 Å². The summed E-state index contributed by atoms with van der Waals surface area (Å²) in [7, 11) is 1.54. The number of aliphatic hydroxyl groups is 1. The van der Waals surface area contributed by atoms with E-state index >= 15 is 0 Å². The van der Waals surface area contributed by atoms with Gasteiger partial charge < -0.3 is 31.8 Å². The normalized spacial score (nSPS) is 18.4. The Kier molecular flexibility index (Phi) is 9.99. The van der Waals surface area contributed by atoms with Gasteiger partial charge in [-0.2, -0.15) is 0 Å². The molecule has 1 aliphatic rings. The highest BCUT2D eigenvalue weighted by Crippen LogP contribution is 2.32. The topological polar surface area (TPSA) is 149 Å². The van der Waals surface area contributed by atoms with Gasteiger partial charge in [0.25, 0.3) is 0 Å². The lowest BCUT2D eigenvalue weighted by Crippen LogP contribution is -2.62. The number of nitrogens with zero attached hydrogens (tertiary/aromatic N) is 1. The second kappa shape index (κ2) is 13.0. The van der Waals surface area contributed by atoms with E-state index in [1.807, 2.05) is 54.6 Å². The molecule has 1 aliphatic heterocycles. The van der Waals surface area contributed by atoms with Crippen LogP contribution in [0, 0.1) is 10.8 Å². The highest BCUT2D eigenvalue weighted by molar-refractivity contribution is 6.09. The lowest BCUT2D eigenvalue weighted by molar-refractivity contribution is -0.141. The van der Waals surface area contributed by atoms with Crippen LogP contribution in [0.2, 0.25) is 0 Å². The van der Waals surface area contributed by atoms with Gasteiger partial charge in [0, 0.05) is 32.3 Å². The summed E-state index contributed by atoms with van der Waals surface area (Å²) < 4.78 is 0. The van der Waals surface area contributed by atoms with E-state index in [9.17, 15) is 19.5 Å².